The highest BCUT2D eigenvalue weighted by molar-refractivity contribution is 8.29. The predicted octanol–water partition coefficient (Wildman–Crippen LogP) is 5.66. The third kappa shape index (κ3) is 6.59. The Hall–Kier alpha value is -1.43. The first-order chi connectivity index (χ1) is 12.7. The van der Waals surface area contributed by atoms with Crippen molar-refractivity contribution in [1.82, 2.24) is 5.32 Å². The zero-order valence-electron chi connectivity index (χ0n) is 17.3. The maximum absolute atomic E-state index is 10.5. The number of nitrogens with zero attached hydrogens (tertiary/aromatic N) is 1. The van der Waals surface area contributed by atoms with Crippen LogP contribution >= 0.6 is 10.3 Å². The highest BCUT2D eigenvalue weighted by Crippen LogP contribution is 2.55. The predicted molar refractivity (Wildman–Crippen MR) is 119 cm³/mol. The molecule has 0 spiro atoms. The Morgan fingerprint density at radius 1 is 1.19 bits per heavy atom. The van der Waals surface area contributed by atoms with E-state index in [4.69, 9.17) is 4.18 Å². The number of hydrogen-bond acceptors (Lipinski definition) is 4. The molecule has 2 rings (SSSR count). The van der Waals surface area contributed by atoms with Gasteiger partial charge in [0.05, 0.1) is 0 Å². The van der Waals surface area contributed by atoms with Gasteiger partial charge in [0, 0.05) is 11.3 Å². The first kappa shape index (κ1) is 21.9. The Kier molecular flexibility index (Phi) is 7.83. The molecule has 1 aromatic rings. The van der Waals surface area contributed by atoms with Crippen LogP contribution in [0, 0.1) is 4.91 Å². The van der Waals surface area contributed by atoms with Gasteiger partial charge in [-0.25, -0.2) is 0 Å². The van der Waals surface area contributed by atoms with Crippen LogP contribution in [0.25, 0.3) is 0 Å². The molecule has 0 heterocycles. The average Bonchev–Trinajstić information content (AvgIpc) is 2.64. The molecular weight excluding hydrogens is 356 g/mol. The van der Waals surface area contributed by atoms with E-state index in [1.54, 1.807) is 12.1 Å². The maximum Gasteiger partial charge on any atom is 0.108 e. The third-order valence-electron chi connectivity index (χ3n) is 5.19. The van der Waals surface area contributed by atoms with Crippen LogP contribution in [-0.2, 0) is 10.6 Å². The molecule has 5 heteroatoms. The van der Waals surface area contributed by atoms with E-state index in [2.05, 4.69) is 62.0 Å². The van der Waals surface area contributed by atoms with Gasteiger partial charge in [-0.05, 0) is 66.8 Å². The van der Waals surface area contributed by atoms with Gasteiger partial charge in [0.1, 0.15) is 11.8 Å². The van der Waals surface area contributed by atoms with Crippen LogP contribution in [0.5, 0.6) is 0 Å². The second kappa shape index (κ2) is 9.67. The summed E-state index contributed by atoms with van der Waals surface area (Å²) in [7, 11) is -1.20. The summed E-state index contributed by atoms with van der Waals surface area (Å²) in [6.07, 6.45) is 14.5. The molecule has 1 N–H and O–H groups in total. The van der Waals surface area contributed by atoms with Crippen molar-refractivity contribution in [1.29, 1.82) is 0 Å². The van der Waals surface area contributed by atoms with Crippen molar-refractivity contribution in [2.45, 2.75) is 50.9 Å². The standard InChI is InChI=1S/C22H34N2O2S/c1-22(2,3)27(4,5)26-21(19-9-7-6-8-10-19)17-23-16-15-18-11-13-20(24-25)14-12-18/h7,9-14,21,23H,6,8,15-17H2,1-5H3. The molecule has 0 aromatic heterocycles. The first-order valence-electron chi connectivity index (χ1n) is 9.64. The van der Waals surface area contributed by atoms with Crippen molar-refractivity contribution in [2.24, 2.45) is 5.18 Å². The normalized spacial score (nSPS) is 16.7. The molecule has 0 fully saturated rings. The number of nitroso groups, excluding NO2 is 1. The van der Waals surface area contributed by atoms with Gasteiger partial charge in [-0.3, -0.25) is 0 Å². The fourth-order valence-electron chi connectivity index (χ4n) is 2.70. The van der Waals surface area contributed by atoms with Gasteiger partial charge in [-0.15, -0.1) is 15.2 Å². The van der Waals surface area contributed by atoms with Crippen LogP contribution in [0.3, 0.4) is 0 Å². The maximum atomic E-state index is 10.5. The molecule has 0 saturated carbocycles. The zero-order chi connectivity index (χ0) is 19.9. The van der Waals surface area contributed by atoms with Gasteiger partial charge in [0.2, 0.25) is 0 Å². The minimum absolute atomic E-state index is 0.0763. The van der Waals surface area contributed by atoms with Crippen molar-refractivity contribution in [2.75, 3.05) is 25.6 Å². The van der Waals surface area contributed by atoms with Gasteiger partial charge in [-0.1, -0.05) is 51.1 Å². The highest BCUT2D eigenvalue weighted by Gasteiger charge is 2.32. The molecule has 0 aliphatic heterocycles. The number of rotatable bonds is 9. The van der Waals surface area contributed by atoms with Crippen LogP contribution in [0.1, 0.15) is 39.2 Å². The van der Waals surface area contributed by atoms with Crippen molar-refractivity contribution in [3.05, 3.63) is 58.5 Å². The van der Waals surface area contributed by atoms with E-state index in [1.165, 1.54) is 11.1 Å². The van der Waals surface area contributed by atoms with E-state index < -0.39 is 10.3 Å². The Morgan fingerprint density at radius 2 is 1.89 bits per heavy atom. The van der Waals surface area contributed by atoms with Gasteiger partial charge in [-0.2, -0.15) is 0 Å². The number of benzene rings is 1. The largest absolute Gasteiger partial charge is 0.327 e. The quantitative estimate of drug-likeness (QED) is 0.437. The Balaban J connectivity index is 1.94. The van der Waals surface area contributed by atoms with E-state index in [0.29, 0.717) is 5.69 Å². The summed E-state index contributed by atoms with van der Waals surface area (Å²) in [4.78, 5) is 10.5. The van der Waals surface area contributed by atoms with Crippen molar-refractivity contribution in [3.8, 4) is 0 Å². The molecule has 0 saturated heterocycles. The minimum atomic E-state index is -1.20. The molecule has 27 heavy (non-hydrogen) atoms. The zero-order valence-corrected chi connectivity index (χ0v) is 18.1. The Labute approximate surface area is 166 Å². The molecule has 1 aromatic carbocycles. The lowest BCUT2D eigenvalue weighted by molar-refractivity contribution is 0.261. The lowest BCUT2D eigenvalue weighted by atomic mass is 10.0. The topological polar surface area (TPSA) is 50.7 Å². The highest BCUT2D eigenvalue weighted by atomic mass is 32.3. The summed E-state index contributed by atoms with van der Waals surface area (Å²) >= 11 is 0. The van der Waals surface area contributed by atoms with Gasteiger partial charge < -0.3 is 9.50 Å². The van der Waals surface area contributed by atoms with Crippen molar-refractivity contribution >= 4 is 16.0 Å². The summed E-state index contributed by atoms with van der Waals surface area (Å²) < 4.78 is 6.82. The van der Waals surface area contributed by atoms with E-state index in [0.717, 1.165) is 32.4 Å². The molecule has 1 unspecified atom stereocenters. The lowest BCUT2D eigenvalue weighted by Gasteiger charge is -2.46. The van der Waals surface area contributed by atoms with E-state index in [9.17, 15) is 4.91 Å². The van der Waals surface area contributed by atoms with Crippen LogP contribution in [0.2, 0.25) is 0 Å². The fourth-order valence-corrected chi connectivity index (χ4v) is 3.75. The summed E-state index contributed by atoms with van der Waals surface area (Å²) in [5.41, 5.74) is 2.97. The summed E-state index contributed by atoms with van der Waals surface area (Å²) in [5, 5.41) is 6.51. The molecule has 1 aliphatic carbocycles. The fraction of sp³-hybridized carbons (Fsp3) is 0.545. The molecule has 0 amide bonds. The molecule has 150 valence electrons. The van der Waals surface area contributed by atoms with Gasteiger partial charge in [0.15, 0.2) is 0 Å². The SMILES string of the molecule is CC(C)(C)S(C)(C)OC(CNCCc1ccc(N=O)cc1)C1=CCCC=C1. The lowest BCUT2D eigenvalue weighted by Crippen LogP contribution is -2.36. The second-order valence-electron chi connectivity index (χ2n) is 8.33. The van der Waals surface area contributed by atoms with Crippen LogP contribution in [0.4, 0.5) is 5.69 Å². The summed E-state index contributed by atoms with van der Waals surface area (Å²) in [6.45, 7) is 8.45. The number of hydrogen-bond donors (Lipinski definition) is 1. The van der Waals surface area contributed by atoms with Gasteiger partial charge >= 0.3 is 0 Å². The van der Waals surface area contributed by atoms with E-state index >= 15 is 0 Å². The molecule has 0 bridgehead atoms. The molecule has 1 atom stereocenters. The van der Waals surface area contributed by atoms with Crippen molar-refractivity contribution < 1.29 is 4.18 Å². The van der Waals surface area contributed by atoms with Crippen LogP contribution in [-0.4, -0.2) is 36.5 Å². The summed E-state index contributed by atoms with van der Waals surface area (Å²) in [6, 6.07) is 7.46. The smallest absolute Gasteiger partial charge is 0.108 e. The first-order valence-corrected chi connectivity index (χ1v) is 12.0. The summed E-state index contributed by atoms with van der Waals surface area (Å²) in [5.74, 6) is 0. The van der Waals surface area contributed by atoms with Gasteiger partial charge in [0.25, 0.3) is 0 Å². The Bertz CT molecular complexity index is 673. The molecule has 0 radical (unpaired) electrons. The Morgan fingerprint density at radius 3 is 2.44 bits per heavy atom. The number of nitrogens with one attached hydrogen (secondary N) is 1. The second-order valence-corrected chi connectivity index (χ2v) is 12.2. The molecule has 1 aliphatic rings. The average molecular weight is 391 g/mol. The van der Waals surface area contributed by atoms with Crippen LogP contribution < -0.4 is 5.32 Å². The number of allylic oxidation sites excluding steroid dienone is 2. The monoisotopic (exact) mass is 390 g/mol. The molecular formula is C22H34N2O2S. The molecule has 4 nitrogen and oxygen atoms in total. The van der Waals surface area contributed by atoms with Crippen LogP contribution in [0.15, 0.2) is 53.2 Å². The van der Waals surface area contributed by atoms with E-state index in [1.807, 2.05) is 12.1 Å². The minimum Gasteiger partial charge on any atom is -0.327 e. The van der Waals surface area contributed by atoms with E-state index in [-0.39, 0.29) is 10.9 Å². The third-order valence-corrected chi connectivity index (χ3v) is 8.85. The van der Waals surface area contributed by atoms with Crippen molar-refractivity contribution in [3.63, 3.8) is 0 Å².